The molecule has 0 unspecified atom stereocenters. The Hall–Kier alpha value is -2.91. The number of amides is 2. The molecule has 2 aromatic rings. The topological polar surface area (TPSA) is 97.0 Å². The molecule has 2 N–H and O–H groups in total. The summed E-state index contributed by atoms with van der Waals surface area (Å²) in [5.74, 6) is -0.371. The van der Waals surface area contributed by atoms with Gasteiger partial charge in [-0.1, -0.05) is 18.2 Å². The van der Waals surface area contributed by atoms with Crippen LogP contribution in [0.3, 0.4) is 0 Å². The second-order valence-corrected chi connectivity index (χ2v) is 7.98. The maximum atomic E-state index is 12.6. The highest BCUT2D eigenvalue weighted by atomic mass is 32.1. The minimum atomic E-state index is -0.568. The van der Waals surface area contributed by atoms with Crippen LogP contribution in [-0.4, -0.2) is 63.1 Å². The number of hydrogen-bond acceptors (Lipinski definition) is 7. The number of thiophene rings is 1. The summed E-state index contributed by atoms with van der Waals surface area (Å²) in [4.78, 5) is 39.2. The van der Waals surface area contributed by atoms with Gasteiger partial charge < -0.3 is 20.1 Å². The number of aryl methyl sites for hydroxylation is 1. The molecule has 0 fully saturated rings. The number of esters is 1. The lowest BCUT2D eigenvalue weighted by atomic mass is 10.1. The second kappa shape index (κ2) is 11.5. The van der Waals surface area contributed by atoms with E-state index in [0.29, 0.717) is 28.6 Å². The summed E-state index contributed by atoms with van der Waals surface area (Å²) in [6.07, 6.45) is 0. The van der Waals surface area contributed by atoms with Crippen molar-refractivity contribution in [3.05, 3.63) is 45.8 Å². The van der Waals surface area contributed by atoms with E-state index in [2.05, 4.69) is 10.6 Å². The van der Waals surface area contributed by atoms with Crippen LogP contribution in [0.5, 0.6) is 5.75 Å². The highest BCUT2D eigenvalue weighted by Crippen LogP contribution is 2.33. The number of benzene rings is 1. The van der Waals surface area contributed by atoms with E-state index >= 15 is 0 Å². The third-order valence-corrected chi connectivity index (χ3v) is 5.76. The molecule has 0 aliphatic carbocycles. The average molecular weight is 448 g/mol. The molecule has 8 nitrogen and oxygen atoms in total. The van der Waals surface area contributed by atoms with E-state index in [0.717, 1.165) is 22.6 Å². The molecule has 0 atom stereocenters. The van der Waals surface area contributed by atoms with Crippen LogP contribution in [0.25, 0.3) is 0 Å². The molecule has 1 heterocycles. The third-order valence-electron chi connectivity index (χ3n) is 4.55. The Morgan fingerprint density at radius 1 is 1.16 bits per heavy atom. The van der Waals surface area contributed by atoms with Crippen LogP contribution in [0.15, 0.2) is 24.3 Å². The number of carbonyl (C=O) groups is 3. The number of hydrogen-bond donors (Lipinski definition) is 2. The summed E-state index contributed by atoms with van der Waals surface area (Å²) in [6, 6.07) is 7.74. The van der Waals surface area contributed by atoms with Crippen LogP contribution in [0.1, 0.15) is 38.1 Å². The number of para-hydroxylation sites is 1. The van der Waals surface area contributed by atoms with Crippen molar-refractivity contribution in [3.63, 3.8) is 0 Å². The van der Waals surface area contributed by atoms with E-state index in [1.54, 1.807) is 13.8 Å². The van der Waals surface area contributed by atoms with E-state index in [-0.39, 0.29) is 30.5 Å². The number of nitrogens with zero attached hydrogens (tertiary/aromatic N) is 1. The van der Waals surface area contributed by atoms with E-state index < -0.39 is 5.97 Å². The van der Waals surface area contributed by atoms with Gasteiger partial charge in [-0.25, -0.2) is 4.79 Å². The number of rotatable bonds is 10. The molecule has 0 aliphatic rings. The van der Waals surface area contributed by atoms with Crippen LogP contribution < -0.4 is 15.4 Å². The lowest BCUT2D eigenvalue weighted by Crippen LogP contribution is -2.33. The maximum absolute atomic E-state index is 12.6. The Morgan fingerprint density at radius 2 is 1.87 bits per heavy atom. The fraction of sp³-hybridized carbons (Fsp3) is 0.409. The number of carbonyl (C=O) groups excluding carboxylic acids is 3. The predicted octanol–water partition coefficient (Wildman–Crippen LogP) is 2.85. The molecular formula is C22H29N3O5S. The van der Waals surface area contributed by atoms with Crippen molar-refractivity contribution >= 4 is 34.1 Å². The van der Waals surface area contributed by atoms with Crippen molar-refractivity contribution in [1.29, 1.82) is 0 Å². The molecule has 0 radical (unpaired) electrons. The lowest BCUT2D eigenvalue weighted by molar-refractivity contribution is -0.117. The van der Waals surface area contributed by atoms with Gasteiger partial charge in [0.25, 0.3) is 5.91 Å². The van der Waals surface area contributed by atoms with Gasteiger partial charge in [0.05, 0.1) is 23.6 Å². The molecular weight excluding hydrogens is 418 g/mol. The van der Waals surface area contributed by atoms with E-state index in [1.165, 1.54) is 7.05 Å². The van der Waals surface area contributed by atoms with Gasteiger partial charge in [0.1, 0.15) is 17.4 Å². The number of nitrogens with one attached hydrogen (secondary N) is 2. The summed E-state index contributed by atoms with van der Waals surface area (Å²) in [7, 11) is 3.32. The minimum Gasteiger partial charge on any atom is -0.492 e. The molecule has 0 bridgehead atoms. The van der Waals surface area contributed by atoms with Gasteiger partial charge in [-0.3, -0.25) is 14.5 Å². The molecule has 0 saturated heterocycles. The molecule has 0 saturated carbocycles. The molecule has 2 rings (SSSR count). The molecule has 0 aliphatic heterocycles. The SMILES string of the molecule is CCOC(=O)c1c(NC(=O)CN(C)CCOc2ccccc2C)sc(C(=O)NC)c1C. The first kappa shape index (κ1) is 24.4. The normalized spacial score (nSPS) is 10.6. The van der Waals surface area contributed by atoms with Crippen molar-refractivity contribution in [2.75, 3.05) is 45.7 Å². The van der Waals surface area contributed by atoms with Crippen LogP contribution in [0, 0.1) is 13.8 Å². The fourth-order valence-corrected chi connectivity index (χ4v) is 4.06. The van der Waals surface area contributed by atoms with Gasteiger partial charge in [0.2, 0.25) is 5.91 Å². The summed E-state index contributed by atoms with van der Waals surface area (Å²) < 4.78 is 10.9. The number of likely N-dealkylation sites (N-methyl/N-ethyl adjacent to an activating group) is 1. The van der Waals surface area contributed by atoms with Gasteiger partial charge in [0.15, 0.2) is 0 Å². The largest absolute Gasteiger partial charge is 0.492 e. The zero-order valence-corrected chi connectivity index (χ0v) is 19.4. The monoisotopic (exact) mass is 447 g/mol. The minimum absolute atomic E-state index is 0.103. The summed E-state index contributed by atoms with van der Waals surface area (Å²) >= 11 is 1.06. The predicted molar refractivity (Wildman–Crippen MR) is 121 cm³/mol. The highest BCUT2D eigenvalue weighted by Gasteiger charge is 2.26. The van der Waals surface area contributed by atoms with Crippen LogP contribution in [0.2, 0.25) is 0 Å². The zero-order chi connectivity index (χ0) is 23.0. The number of ether oxygens (including phenoxy) is 2. The molecule has 9 heteroatoms. The van der Waals surface area contributed by atoms with Crippen LogP contribution in [-0.2, 0) is 9.53 Å². The van der Waals surface area contributed by atoms with Gasteiger partial charge in [-0.2, -0.15) is 0 Å². The van der Waals surface area contributed by atoms with Gasteiger partial charge in [-0.15, -0.1) is 11.3 Å². The smallest absolute Gasteiger partial charge is 0.341 e. The fourth-order valence-electron chi connectivity index (χ4n) is 2.90. The zero-order valence-electron chi connectivity index (χ0n) is 18.5. The Bertz CT molecular complexity index is 941. The Balaban J connectivity index is 2.00. The van der Waals surface area contributed by atoms with Crippen LogP contribution in [0.4, 0.5) is 5.00 Å². The first-order chi connectivity index (χ1) is 14.8. The first-order valence-corrected chi connectivity index (χ1v) is 10.8. The van der Waals surface area contributed by atoms with Crippen LogP contribution >= 0.6 is 11.3 Å². The summed E-state index contributed by atoms with van der Waals surface area (Å²) in [5.41, 5.74) is 1.75. The van der Waals surface area contributed by atoms with E-state index in [9.17, 15) is 14.4 Å². The molecule has 1 aromatic carbocycles. The van der Waals surface area contributed by atoms with Crippen molar-refractivity contribution < 1.29 is 23.9 Å². The van der Waals surface area contributed by atoms with E-state index in [1.807, 2.05) is 43.1 Å². The van der Waals surface area contributed by atoms with Gasteiger partial charge in [-0.05, 0) is 45.0 Å². The molecule has 31 heavy (non-hydrogen) atoms. The van der Waals surface area contributed by atoms with E-state index in [4.69, 9.17) is 9.47 Å². The Labute approximate surface area is 186 Å². The molecule has 168 valence electrons. The van der Waals surface area contributed by atoms with Gasteiger partial charge in [0, 0.05) is 13.6 Å². The Kier molecular flexibility index (Phi) is 9.02. The standard InChI is InChI=1S/C22H29N3O5S/c1-6-29-22(28)18-15(3)19(20(27)23-4)31-21(18)24-17(26)13-25(5)11-12-30-16-10-8-7-9-14(16)2/h7-10H,6,11-13H2,1-5H3,(H,23,27)(H,24,26). The highest BCUT2D eigenvalue weighted by molar-refractivity contribution is 7.18. The van der Waals surface area contributed by atoms with Crippen molar-refractivity contribution in [2.45, 2.75) is 20.8 Å². The first-order valence-electron chi connectivity index (χ1n) is 9.97. The van der Waals surface area contributed by atoms with Crippen molar-refractivity contribution in [1.82, 2.24) is 10.2 Å². The van der Waals surface area contributed by atoms with Gasteiger partial charge >= 0.3 is 5.97 Å². The Morgan fingerprint density at radius 3 is 2.52 bits per heavy atom. The quantitative estimate of drug-likeness (QED) is 0.544. The van der Waals surface area contributed by atoms with Crippen molar-refractivity contribution in [2.24, 2.45) is 0 Å². The second-order valence-electron chi connectivity index (χ2n) is 6.96. The average Bonchev–Trinajstić information content (AvgIpc) is 3.04. The maximum Gasteiger partial charge on any atom is 0.341 e. The van der Waals surface area contributed by atoms with Crippen molar-refractivity contribution in [3.8, 4) is 5.75 Å². The lowest BCUT2D eigenvalue weighted by Gasteiger charge is -2.17. The number of anilines is 1. The third kappa shape index (κ3) is 6.53. The molecule has 2 amide bonds. The summed E-state index contributed by atoms with van der Waals surface area (Å²) in [6.45, 7) is 6.61. The molecule has 1 aromatic heterocycles. The summed E-state index contributed by atoms with van der Waals surface area (Å²) in [5, 5.41) is 5.61. The molecule has 0 spiro atoms.